The molecule has 0 unspecified atom stereocenters. The van der Waals surface area contributed by atoms with Crippen LogP contribution in [-0.2, 0) is 6.42 Å². The summed E-state index contributed by atoms with van der Waals surface area (Å²) in [4.78, 5) is 11.6. The molecule has 2 N–H and O–H groups in total. The summed E-state index contributed by atoms with van der Waals surface area (Å²) in [6.45, 7) is 1.83. The third kappa shape index (κ3) is 3.26. The minimum absolute atomic E-state index is 0.241. The molecule has 0 radical (unpaired) electrons. The van der Waals surface area contributed by atoms with E-state index in [2.05, 4.69) is 0 Å². The van der Waals surface area contributed by atoms with Crippen LogP contribution in [0.5, 0.6) is 5.75 Å². The van der Waals surface area contributed by atoms with Crippen molar-refractivity contribution in [2.24, 2.45) is 0 Å². The monoisotopic (exact) mass is 307 g/mol. The number of phenols is 1. The Bertz CT molecular complexity index is 878. The zero-order chi connectivity index (χ0) is 16.4. The van der Waals surface area contributed by atoms with Gasteiger partial charge in [0.2, 0.25) is 0 Å². The molecular formula is C19H17NO3. The van der Waals surface area contributed by atoms with E-state index in [0.717, 1.165) is 22.3 Å². The van der Waals surface area contributed by atoms with Crippen LogP contribution >= 0.6 is 0 Å². The Kier molecular flexibility index (Phi) is 3.89. The summed E-state index contributed by atoms with van der Waals surface area (Å²) < 4.78 is 0.695. The van der Waals surface area contributed by atoms with Crippen molar-refractivity contribution < 1.29 is 10.3 Å². The third-order valence-corrected chi connectivity index (χ3v) is 3.77. The topological polar surface area (TPSA) is 62.5 Å². The summed E-state index contributed by atoms with van der Waals surface area (Å²) in [7, 11) is 0. The first-order valence-electron chi connectivity index (χ1n) is 7.33. The van der Waals surface area contributed by atoms with Crippen molar-refractivity contribution in [3.63, 3.8) is 0 Å². The second-order valence-corrected chi connectivity index (χ2v) is 5.59. The van der Waals surface area contributed by atoms with Crippen LogP contribution in [0.25, 0.3) is 11.1 Å². The van der Waals surface area contributed by atoms with Crippen LogP contribution in [0.3, 0.4) is 0 Å². The lowest BCUT2D eigenvalue weighted by Gasteiger charge is -2.08. The highest BCUT2D eigenvalue weighted by Gasteiger charge is 2.06. The summed E-state index contributed by atoms with van der Waals surface area (Å²) in [6.07, 6.45) is 0.475. The largest absolute Gasteiger partial charge is 0.508 e. The van der Waals surface area contributed by atoms with Gasteiger partial charge in [0.25, 0.3) is 5.56 Å². The van der Waals surface area contributed by atoms with Gasteiger partial charge in [-0.15, -0.1) is 0 Å². The fraction of sp³-hybridized carbons (Fsp3) is 0.105. The molecule has 3 aromatic rings. The number of aromatic hydroxyl groups is 1. The van der Waals surface area contributed by atoms with Crippen molar-refractivity contribution in [1.82, 2.24) is 4.73 Å². The van der Waals surface area contributed by atoms with E-state index in [9.17, 15) is 15.1 Å². The number of phenolic OH excluding ortho intramolecular Hbond substituents is 1. The number of hydrogen-bond donors (Lipinski definition) is 2. The van der Waals surface area contributed by atoms with Crippen molar-refractivity contribution in [2.75, 3.05) is 0 Å². The van der Waals surface area contributed by atoms with E-state index in [1.165, 1.54) is 6.07 Å². The van der Waals surface area contributed by atoms with Crippen LogP contribution in [0, 0.1) is 6.92 Å². The molecule has 0 saturated heterocycles. The summed E-state index contributed by atoms with van der Waals surface area (Å²) in [6, 6.07) is 18.1. The molecule has 0 aliphatic heterocycles. The Morgan fingerprint density at radius 3 is 2.09 bits per heavy atom. The molecule has 1 aromatic heterocycles. The van der Waals surface area contributed by atoms with Crippen LogP contribution in [0.4, 0.5) is 0 Å². The first kappa shape index (κ1) is 14.9. The molecule has 0 spiro atoms. The van der Waals surface area contributed by atoms with E-state index < -0.39 is 5.56 Å². The summed E-state index contributed by atoms with van der Waals surface area (Å²) in [5.74, 6) is 0.241. The SMILES string of the molecule is Cc1cc(Cc2ccc(-c3ccc(O)cc3)cc2)n(O)c(=O)c1. The van der Waals surface area contributed by atoms with Gasteiger partial charge in [-0.1, -0.05) is 36.4 Å². The van der Waals surface area contributed by atoms with Crippen molar-refractivity contribution in [2.45, 2.75) is 13.3 Å². The molecule has 116 valence electrons. The van der Waals surface area contributed by atoms with Gasteiger partial charge < -0.3 is 10.3 Å². The Morgan fingerprint density at radius 2 is 1.48 bits per heavy atom. The molecule has 2 aromatic carbocycles. The molecule has 0 amide bonds. The predicted octanol–water partition coefficient (Wildman–Crippen LogP) is 3.36. The molecule has 0 bridgehead atoms. The smallest absolute Gasteiger partial charge is 0.283 e. The third-order valence-electron chi connectivity index (χ3n) is 3.77. The highest BCUT2D eigenvalue weighted by Crippen LogP contribution is 2.22. The number of rotatable bonds is 3. The van der Waals surface area contributed by atoms with E-state index in [4.69, 9.17) is 0 Å². The van der Waals surface area contributed by atoms with E-state index >= 15 is 0 Å². The number of aromatic nitrogens is 1. The molecule has 4 heteroatoms. The quantitative estimate of drug-likeness (QED) is 0.729. The molecule has 0 saturated carbocycles. The van der Waals surface area contributed by atoms with E-state index in [1.54, 1.807) is 18.2 Å². The number of nitrogens with zero attached hydrogens (tertiary/aromatic N) is 1. The number of hydrogen-bond acceptors (Lipinski definition) is 3. The summed E-state index contributed by atoms with van der Waals surface area (Å²) in [5.41, 5.74) is 4.03. The van der Waals surface area contributed by atoms with Crippen molar-refractivity contribution in [3.8, 4) is 16.9 Å². The van der Waals surface area contributed by atoms with E-state index in [1.807, 2.05) is 43.3 Å². The zero-order valence-corrected chi connectivity index (χ0v) is 12.7. The molecule has 1 heterocycles. The summed E-state index contributed by atoms with van der Waals surface area (Å²) >= 11 is 0. The Balaban J connectivity index is 1.86. The Labute approximate surface area is 133 Å². The van der Waals surface area contributed by atoms with Gasteiger partial charge in [0.1, 0.15) is 5.75 Å². The van der Waals surface area contributed by atoms with Crippen molar-refractivity contribution in [1.29, 1.82) is 0 Å². The summed E-state index contributed by atoms with van der Waals surface area (Å²) in [5, 5.41) is 19.2. The molecule has 3 rings (SSSR count). The molecule has 0 aliphatic carbocycles. The van der Waals surface area contributed by atoms with E-state index in [0.29, 0.717) is 16.8 Å². The van der Waals surface area contributed by atoms with E-state index in [-0.39, 0.29) is 5.75 Å². The lowest BCUT2D eigenvalue weighted by Crippen LogP contribution is -2.21. The lowest BCUT2D eigenvalue weighted by molar-refractivity contribution is 0.166. The van der Waals surface area contributed by atoms with Gasteiger partial charge in [0, 0.05) is 12.5 Å². The average molecular weight is 307 g/mol. The second kappa shape index (κ2) is 6.01. The normalized spacial score (nSPS) is 10.7. The molecule has 0 aliphatic rings. The van der Waals surface area contributed by atoms with Gasteiger partial charge in [-0.2, -0.15) is 4.73 Å². The van der Waals surface area contributed by atoms with Gasteiger partial charge in [-0.25, -0.2) is 0 Å². The number of benzene rings is 2. The predicted molar refractivity (Wildman–Crippen MR) is 89.0 cm³/mol. The molecule has 0 atom stereocenters. The number of pyridine rings is 1. The lowest BCUT2D eigenvalue weighted by atomic mass is 10.0. The zero-order valence-electron chi connectivity index (χ0n) is 12.7. The van der Waals surface area contributed by atoms with Gasteiger partial charge >= 0.3 is 0 Å². The average Bonchev–Trinajstić information content (AvgIpc) is 2.54. The maximum Gasteiger partial charge on any atom is 0.283 e. The maximum absolute atomic E-state index is 11.6. The first-order valence-corrected chi connectivity index (χ1v) is 7.33. The Morgan fingerprint density at radius 1 is 0.913 bits per heavy atom. The van der Waals surface area contributed by atoms with Gasteiger partial charge in [0.15, 0.2) is 0 Å². The Hall–Kier alpha value is -3.01. The van der Waals surface area contributed by atoms with Crippen molar-refractivity contribution >= 4 is 0 Å². The van der Waals surface area contributed by atoms with Crippen LogP contribution in [0.1, 0.15) is 16.8 Å². The molecule has 4 nitrogen and oxygen atoms in total. The van der Waals surface area contributed by atoms with Crippen molar-refractivity contribution in [3.05, 3.63) is 87.8 Å². The van der Waals surface area contributed by atoms with Gasteiger partial charge in [0.05, 0.1) is 5.69 Å². The molecule has 0 fully saturated rings. The maximum atomic E-state index is 11.6. The standard InChI is InChI=1S/C19H17NO3/c1-13-10-17(20(23)19(22)11-13)12-14-2-4-15(5-3-14)16-6-8-18(21)9-7-16/h2-11,21,23H,12H2,1H3. The van der Waals surface area contributed by atoms with Crippen LogP contribution in [0.2, 0.25) is 0 Å². The minimum Gasteiger partial charge on any atom is -0.508 e. The van der Waals surface area contributed by atoms with Crippen LogP contribution in [-0.4, -0.2) is 15.0 Å². The van der Waals surface area contributed by atoms with Gasteiger partial charge in [-0.3, -0.25) is 4.79 Å². The second-order valence-electron chi connectivity index (χ2n) is 5.59. The van der Waals surface area contributed by atoms with Crippen LogP contribution in [0.15, 0.2) is 65.5 Å². The van der Waals surface area contributed by atoms with Gasteiger partial charge in [-0.05, 0) is 47.4 Å². The highest BCUT2D eigenvalue weighted by molar-refractivity contribution is 5.64. The van der Waals surface area contributed by atoms with Crippen LogP contribution < -0.4 is 5.56 Å². The fourth-order valence-corrected chi connectivity index (χ4v) is 2.57. The molecule has 23 heavy (non-hydrogen) atoms. The highest BCUT2D eigenvalue weighted by atomic mass is 16.5. The minimum atomic E-state index is -0.416. The number of aryl methyl sites for hydroxylation is 1. The fourth-order valence-electron chi connectivity index (χ4n) is 2.57. The molecular weight excluding hydrogens is 290 g/mol. The first-order chi connectivity index (χ1) is 11.0.